The second-order valence-electron chi connectivity index (χ2n) is 11.1. The zero-order valence-corrected chi connectivity index (χ0v) is 22.4. The van der Waals surface area contributed by atoms with Crippen molar-refractivity contribution in [2.24, 2.45) is 0 Å². The average Bonchev–Trinajstić information content (AvgIpc) is 3.64. The first kappa shape index (κ1) is 25.7. The fourth-order valence-corrected chi connectivity index (χ4v) is 5.66. The number of methoxy groups -OCH3 is 1. The summed E-state index contributed by atoms with van der Waals surface area (Å²) in [5.41, 5.74) is 3.16. The Labute approximate surface area is 218 Å². The van der Waals surface area contributed by atoms with Crippen LogP contribution in [-0.4, -0.2) is 79.2 Å². The Morgan fingerprint density at radius 1 is 1.22 bits per heavy atom. The quantitative estimate of drug-likeness (QED) is 0.479. The van der Waals surface area contributed by atoms with E-state index in [-0.39, 0.29) is 18.1 Å². The average molecular weight is 510 g/mol. The number of hydrogen-bond donors (Lipinski definition) is 2. The number of ether oxygens (including phenoxy) is 1. The Balaban J connectivity index is 1.51. The summed E-state index contributed by atoms with van der Waals surface area (Å²) in [6.07, 6.45) is 10.9. The standard InChI is InChI=1S/C27H39N7O3/c1-18(17-37-4)30-26-28-15-24-22(13-23(34(24)31-26)19-7-9-21(35)10-8-19)20-14-29-33(16-20)27(2,3)25(36)32-11-5-6-12-32/h13-16,18-19,21,35H,5-12,17H2,1-4H3,(H,30,31)/t18-,19?,21?/m0/s1. The fraction of sp³-hybridized carbons (Fsp3) is 0.630. The van der Waals surface area contributed by atoms with Gasteiger partial charge in [-0.25, -0.2) is 9.50 Å². The number of aliphatic hydroxyl groups is 1. The van der Waals surface area contributed by atoms with Crippen LogP contribution in [-0.2, 0) is 15.1 Å². The number of amides is 1. The summed E-state index contributed by atoms with van der Waals surface area (Å²) in [5.74, 6) is 0.948. The van der Waals surface area contributed by atoms with E-state index in [1.807, 2.05) is 48.8 Å². The minimum absolute atomic E-state index is 0.0689. The van der Waals surface area contributed by atoms with Crippen LogP contribution < -0.4 is 5.32 Å². The number of fused-ring (bicyclic) bond motifs is 1. The van der Waals surface area contributed by atoms with E-state index in [0.717, 1.165) is 74.0 Å². The summed E-state index contributed by atoms with van der Waals surface area (Å²) in [5, 5.41) is 22.9. The lowest BCUT2D eigenvalue weighted by Crippen LogP contribution is -2.46. The van der Waals surface area contributed by atoms with Crippen LogP contribution >= 0.6 is 0 Å². The molecule has 0 unspecified atom stereocenters. The van der Waals surface area contributed by atoms with E-state index < -0.39 is 5.54 Å². The zero-order chi connectivity index (χ0) is 26.2. The molecule has 1 aliphatic heterocycles. The van der Waals surface area contributed by atoms with Crippen LogP contribution in [0.2, 0.25) is 0 Å². The minimum atomic E-state index is -0.772. The topological polar surface area (TPSA) is 110 Å². The van der Waals surface area contributed by atoms with E-state index >= 15 is 0 Å². The second kappa shape index (κ2) is 10.4. The summed E-state index contributed by atoms with van der Waals surface area (Å²) in [7, 11) is 1.68. The molecule has 5 rings (SSSR count). The molecule has 1 saturated carbocycles. The van der Waals surface area contributed by atoms with Crippen LogP contribution in [0.25, 0.3) is 16.6 Å². The van der Waals surface area contributed by atoms with Gasteiger partial charge in [0, 0.05) is 55.2 Å². The molecule has 10 nitrogen and oxygen atoms in total. The third-order valence-electron chi connectivity index (χ3n) is 7.83. The van der Waals surface area contributed by atoms with E-state index in [2.05, 4.69) is 21.5 Å². The van der Waals surface area contributed by atoms with Gasteiger partial charge in [0.1, 0.15) is 5.54 Å². The van der Waals surface area contributed by atoms with Crippen molar-refractivity contribution in [1.82, 2.24) is 29.3 Å². The summed E-state index contributed by atoms with van der Waals surface area (Å²) in [6.45, 7) is 8.08. The lowest BCUT2D eigenvalue weighted by molar-refractivity contribution is -0.138. The summed E-state index contributed by atoms with van der Waals surface area (Å²) < 4.78 is 9.02. The number of likely N-dealkylation sites (tertiary alicyclic amines) is 1. The van der Waals surface area contributed by atoms with Gasteiger partial charge in [0.25, 0.3) is 0 Å². The van der Waals surface area contributed by atoms with Crippen LogP contribution in [0, 0.1) is 0 Å². The lowest BCUT2D eigenvalue weighted by Gasteiger charge is -2.29. The van der Waals surface area contributed by atoms with Crippen LogP contribution in [0.15, 0.2) is 24.7 Å². The number of nitrogens with zero attached hydrogens (tertiary/aromatic N) is 6. The molecule has 1 amide bonds. The molecule has 0 spiro atoms. The third-order valence-corrected chi connectivity index (χ3v) is 7.83. The number of aliphatic hydroxyl groups excluding tert-OH is 1. The predicted octanol–water partition coefficient (Wildman–Crippen LogP) is 3.42. The molecule has 200 valence electrons. The lowest BCUT2D eigenvalue weighted by atomic mass is 9.85. The highest BCUT2D eigenvalue weighted by Gasteiger charge is 2.36. The number of nitrogens with one attached hydrogen (secondary N) is 1. The monoisotopic (exact) mass is 509 g/mol. The highest BCUT2D eigenvalue weighted by molar-refractivity contribution is 5.85. The van der Waals surface area contributed by atoms with Gasteiger partial charge in [-0.1, -0.05) is 0 Å². The van der Waals surface area contributed by atoms with Crippen molar-refractivity contribution in [3.63, 3.8) is 0 Å². The maximum Gasteiger partial charge on any atom is 0.249 e. The number of anilines is 1. The number of hydrogen-bond acceptors (Lipinski definition) is 7. The normalized spacial score (nSPS) is 21.5. The SMILES string of the molecule is COC[C@H](C)Nc1ncc2c(-c3cnn(C(C)(C)C(=O)N4CCCC4)c3)cc(C3CCC(O)CC3)n2n1. The zero-order valence-electron chi connectivity index (χ0n) is 22.4. The first-order valence-electron chi connectivity index (χ1n) is 13.4. The van der Waals surface area contributed by atoms with Gasteiger partial charge in [0.2, 0.25) is 11.9 Å². The van der Waals surface area contributed by atoms with E-state index in [9.17, 15) is 9.90 Å². The Bertz CT molecular complexity index is 1240. The number of carbonyl (C=O) groups excluding carboxylic acids is 1. The van der Waals surface area contributed by atoms with Gasteiger partial charge in [0.15, 0.2) is 0 Å². The number of rotatable bonds is 8. The highest BCUT2D eigenvalue weighted by Crippen LogP contribution is 2.38. The Morgan fingerprint density at radius 2 is 1.95 bits per heavy atom. The summed E-state index contributed by atoms with van der Waals surface area (Å²) in [4.78, 5) is 19.8. The number of carbonyl (C=O) groups is 1. The Kier molecular flexibility index (Phi) is 7.22. The van der Waals surface area contributed by atoms with Crippen LogP contribution in [0.1, 0.15) is 70.9 Å². The molecule has 10 heteroatoms. The minimum Gasteiger partial charge on any atom is -0.393 e. The van der Waals surface area contributed by atoms with Crippen molar-refractivity contribution >= 4 is 17.4 Å². The van der Waals surface area contributed by atoms with Gasteiger partial charge in [-0.2, -0.15) is 5.10 Å². The van der Waals surface area contributed by atoms with E-state index in [1.54, 1.807) is 11.8 Å². The highest BCUT2D eigenvalue weighted by atomic mass is 16.5. The molecular formula is C27H39N7O3. The van der Waals surface area contributed by atoms with E-state index in [4.69, 9.17) is 9.84 Å². The van der Waals surface area contributed by atoms with Crippen LogP contribution in [0.5, 0.6) is 0 Å². The smallest absolute Gasteiger partial charge is 0.249 e. The molecule has 3 aromatic rings. The van der Waals surface area contributed by atoms with Gasteiger partial charge < -0.3 is 20.1 Å². The van der Waals surface area contributed by atoms with E-state index in [0.29, 0.717) is 18.5 Å². The van der Waals surface area contributed by atoms with Crippen molar-refractivity contribution in [2.45, 2.75) is 82.9 Å². The first-order chi connectivity index (χ1) is 17.8. The largest absolute Gasteiger partial charge is 0.393 e. The molecule has 2 aliphatic rings. The van der Waals surface area contributed by atoms with Crippen molar-refractivity contribution < 1.29 is 14.6 Å². The maximum absolute atomic E-state index is 13.2. The molecule has 0 bridgehead atoms. The van der Waals surface area contributed by atoms with Crippen LogP contribution in [0.3, 0.4) is 0 Å². The van der Waals surface area contributed by atoms with Crippen molar-refractivity contribution in [1.29, 1.82) is 0 Å². The molecule has 2 fully saturated rings. The molecule has 0 radical (unpaired) electrons. The molecule has 0 aromatic carbocycles. The molecular weight excluding hydrogens is 470 g/mol. The van der Waals surface area contributed by atoms with Crippen molar-refractivity contribution in [3.8, 4) is 11.1 Å². The first-order valence-corrected chi connectivity index (χ1v) is 13.4. The third kappa shape index (κ3) is 5.09. The van der Waals surface area contributed by atoms with Crippen molar-refractivity contribution in [3.05, 3.63) is 30.4 Å². The van der Waals surface area contributed by atoms with Gasteiger partial charge in [0.05, 0.1) is 30.6 Å². The molecule has 2 N–H and O–H groups in total. The van der Waals surface area contributed by atoms with Crippen molar-refractivity contribution in [2.75, 3.05) is 32.1 Å². The summed E-state index contributed by atoms with van der Waals surface area (Å²) >= 11 is 0. The van der Waals surface area contributed by atoms with Gasteiger partial charge in [-0.05, 0) is 65.4 Å². The molecule has 1 aliphatic carbocycles. The molecule has 1 atom stereocenters. The van der Waals surface area contributed by atoms with E-state index in [1.165, 1.54) is 0 Å². The van der Waals surface area contributed by atoms with Gasteiger partial charge in [-0.15, -0.1) is 5.10 Å². The van der Waals surface area contributed by atoms with Gasteiger partial charge >= 0.3 is 0 Å². The molecule has 4 heterocycles. The molecule has 37 heavy (non-hydrogen) atoms. The van der Waals surface area contributed by atoms with Gasteiger partial charge in [-0.3, -0.25) is 9.48 Å². The predicted molar refractivity (Wildman–Crippen MR) is 142 cm³/mol. The Morgan fingerprint density at radius 3 is 2.65 bits per heavy atom. The molecule has 1 saturated heterocycles. The second-order valence-corrected chi connectivity index (χ2v) is 11.1. The Hall–Kier alpha value is -2.98. The fourth-order valence-electron chi connectivity index (χ4n) is 5.66. The summed E-state index contributed by atoms with van der Waals surface area (Å²) in [6, 6.07) is 2.25. The molecule has 3 aromatic heterocycles. The maximum atomic E-state index is 13.2. The number of aromatic nitrogens is 5. The van der Waals surface area contributed by atoms with Crippen LogP contribution in [0.4, 0.5) is 5.95 Å².